The number of ether oxygens (including phenoxy) is 2. The maximum atomic E-state index is 10.4. The molecule has 7 nitrogen and oxygen atoms in total. The van der Waals surface area contributed by atoms with Gasteiger partial charge in [0, 0.05) is 19.2 Å². The maximum Gasteiger partial charge on any atom is 0.257 e. The molecule has 0 aromatic carbocycles. The number of anilines is 1. The van der Waals surface area contributed by atoms with E-state index in [-0.39, 0.29) is 5.60 Å². The van der Waals surface area contributed by atoms with Gasteiger partial charge in [0.2, 0.25) is 6.41 Å². The average molecular weight is 403 g/mol. The molecule has 2 rings (SSSR count). The lowest BCUT2D eigenvalue weighted by atomic mass is 9.99. The summed E-state index contributed by atoms with van der Waals surface area (Å²) in [5.74, 6) is 1.09. The summed E-state index contributed by atoms with van der Waals surface area (Å²) in [5, 5.41) is 2.59. The second-order valence-electron chi connectivity index (χ2n) is 8.02. The van der Waals surface area contributed by atoms with E-state index in [2.05, 4.69) is 33.2 Å². The Morgan fingerprint density at radius 3 is 2.76 bits per heavy atom. The molecular formula is C22H34N4O3. The van der Waals surface area contributed by atoms with Crippen LogP contribution in [-0.4, -0.2) is 56.0 Å². The van der Waals surface area contributed by atoms with Gasteiger partial charge in [-0.2, -0.15) is 0 Å². The molecular weight excluding hydrogens is 368 g/mol. The van der Waals surface area contributed by atoms with Gasteiger partial charge in [0.25, 0.3) is 5.88 Å². The van der Waals surface area contributed by atoms with Crippen molar-refractivity contribution in [1.29, 1.82) is 0 Å². The monoisotopic (exact) mass is 402 g/mol. The minimum absolute atomic E-state index is 0.326. The fourth-order valence-corrected chi connectivity index (χ4v) is 3.31. The van der Waals surface area contributed by atoms with E-state index in [1.54, 1.807) is 0 Å². The molecule has 1 aliphatic heterocycles. The molecule has 29 heavy (non-hydrogen) atoms. The highest BCUT2D eigenvalue weighted by Gasteiger charge is 2.26. The molecule has 0 unspecified atom stereocenters. The number of aliphatic imine (C=N–C) groups is 1. The predicted molar refractivity (Wildman–Crippen MR) is 117 cm³/mol. The largest absolute Gasteiger partial charge is 0.482 e. The van der Waals surface area contributed by atoms with Crippen LogP contribution in [0.2, 0.25) is 0 Å². The Morgan fingerprint density at radius 1 is 1.38 bits per heavy atom. The van der Waals surface area contributed by atoms with Crippen molar-refractivity contribution in [2.24, 2.45) is 4.99 Å². The summed E-state index contributed by atoms with van der Waals surface area (Å²) in [7, 11) is 1.85. The summed E-state index contributed by atoms with van der Waals surface area (Å²) in [4.78, 5) is 21.8. The first-order valence-electron chi connectivity index (χ1n) is 10.2. The number of rotatable bonds is 8. The highest BCUT2D eigenvalue weighted by atomic mass is 16.5. The van der Waals surface area contributed by atoms with Crippen LogP contribution in [-0.2, 0) is 4.79 Å². The maximum absolute atomic E-state index is 10.4. The summed E-state index contributed by atoms with van der Waals surface area (Å²) in [5.41, 5.74) is 4.09. The van der Waals surface area contributed by atoms with E-state index in [9.17, 15) is 4.79 Å². The van der Waals surface area contributed by atoms with Gasteiger partial charge in [-0.25, -0.2) is 4.98 Å². The number of pyridine rings is 1. The van der Waals surface area contributed by atoms with Crippen molar-refractivity contribution in [3.63, 3.8) is 0 Å². The standard InChI is InChI=1S/C22H34N4O3/c1-7-8-17-9-11-26(14-18(17)23-6)19-13-25-21(28-12-10-24-15-27)20(16(19)2)29-22(3,4)5/h8,13,15H,7,9-12,14H2,1-6H3,(H,24,27)/b17-8-,23-18?. The first kappa shape index (κ1) is 22.7. The molecule has 1 aliphatic rings. The molecule has 0 aliphatic carbocycles. The Labute approximate surface area is 174 Å². The van der Waals surface area contributed by atoms with Gasteiger partial charge in [0.1, 0.15) is 12.2 Å². The number of amides is 1. The number of piperidine rings is 1. The number of carbonyl (C=O) groups is 1. The van der Waals surface area contributed by atoms with Gasteiger partial charge < -0.3 is 19.7 Å². The van der Waals surface area contributed by atoms with Crippen LogP contribution in [0.1, 0.15) is 46.1 Å². The van der Waals surface area contributed by atoms with Crippen molar-refractivity contribution in [1.82, 2.24) is 10.3 Å². The van der Waals surface area contributed by atoms with E-state index in [1.165, 1.54) is 5.57 Å². The Morgan fingerprint density at radius 2 is 2.14 bits per heavy atom. The van der Waals surface area contributed by atoms with E-state index in [4.69, 9.17) is 9.47 Å². The van der Waals surface area contributed by atoms with Gasteiger partial charge in [-0.1, -0.05) is 13.0 Å². The second kappa shape index (κ2) is 10.3. The summed E-state index contributed by atoms with van der Waals surface area (Å²) in [6.07, 6.45) is 6.75. The molecule has 1 aromatic heterocycles. The summed E-state index contributed by atoms with van der Waals surface area (Å²) in [6, 6.07) is 0. The third-order valence-corrected chi connectivity index (χ3v) is 4.62. The van der Waals surface area contributed by atoms with Crippen LogP contribution in [0, 0.1) is 6.92 Å². The molecule has 0 atom stereocenters. The molecule has 2 heterocycles. The zero-order valence-corrected chi connectivity index (χ0v) is 18.5. The number of carbonyl (C=O) groups excluding carboxylic acids is 1. The van der Waals surface area contributed by atoms with Crippen molar-refractivity contribution in [2.75, 3.05) is 38.2 Å². The van der Waals surface area contributed by atoms with Crippen LogP contribution >= 0.6 is 0 Å². The number of nitrogens with one attached hydrogen (secondary N) is 1. The highest BCUT2D eigenvalue weighted by Crippen LogP contribution is 2.38. The zero-order chi connectivity index (χ0) is 21.4. The summed E-state index contributed by atoms with van der Waals surface area (Å²) in [6.45, 7) is 12.6. The van der Waals surface area contributed by atoms with Gasteiger partial charge in [-0.05, 0) is 46.1 Å². The molecule has 1 saturated heterocycles. The van der Waals surface area contributed by atoms with Crippen molar-refractivity contribution in [2.45, 2.75) is 53.1 Å². The first-order chi connectivity index (χ1) is 13.8. The number of hydrogen-bond donors (Lipinski definition) is 1. The molecule has 0 saturated carbocycles. The number of aromatic nitrogens is 1. The Bertz CT molecular complexity index is 766. The topological polar surface area (TPSA) is 76.0 Å². The van der Waals surface area contributed by atoms with Crippen molar-refractivity contribution >= 4 is 17.8 Å². The molecule has 1 N–H and O–H groups in total. The van der Waals surface area contributed by atoms with Crippen molar-refractivity contribution in [3.8, 4) is 11.6 Å². The number of allylic oxidation sites excluding steroid dienone is 1. The molecule has 0 radical (unpaired) electrons. The van der Waals surface area contributed by atoms with E-state index in [0.717, 1.165) is 42.9 Å². The third-order valence-electron chi connectivity index (χ3n) is 4.62. The molecule has 1 fully saturated rings. The Kier molecular flexibility index (Phi) is 8.05. The first-order valence-corrected chi connectivity index (χ1v) is 10.2. The fraction of sp³-hybridized carbons (Fsp3) is 0.591. The molecule has 0 bridgehead atoms. The third kappa shape index (κ3) is 6.21. The van der Waals surface area contributed by atoms with Crippen LogP contribution in [0.15, 0.2) is 22.8 Å². The van der Waals surface area contributed by atoms with Gasteiger partial charge in [0.15, 0.2) is 5.75 Å². The van der Waals surface area contributed by atoms with E-state index >= 15 is 0 Å². The molecule has 7 heteroatoms. The summed E-state index contributed by atoms with van der Waals surface area (Å²) >= 11 is 0. The van der Waals surface area contributed by atoms with Crippen LogP contribution in [0.5, 0.6) is 11.6 Å². The van der Waals surface area contributed by atoms with Crippen LogP contribution in [0.4, 0.5) is 5.69 Å². The van der Waals surface area contributed by atoms with Crippen LogP contribution < -0.4 is 19.7 Å². The number of nitrogens with zero attached hydrogens (tertiary/aromatic N) is 3. The second-order valence-corrected chi connectivity index (χ2v) is 8.02. The number of hydrogen-bond acceptors (Lipinski definition) is 6. The van der Waals surface area contributed by atoms with Gasteiger partial charge >= 0.3 is 0 Å². The molecule has 1 amide bonds. The molecule has 0 spiro atoms. The molecule has 1 aromatic rings. The predicted octanol–water partition coefficient (Wildman–Crippen LogP) is 3.31. The summed E-state index contributed by atoms with van der Waals surface area (Å²) < 4.78 is 12.0. The quantitative estimate of drug-likeness (QED) is 0.533. The van der Waals surface area contributed by atoms with Gasteiger partial charge in [0.05, 0.1) is 30.7 Å². The van der Waals surface area contributed by atoms with Gasteiger partial charge in [-0.3, -0.25) is 9.79 Å². The fourth-order valence-electron chi connectivity index (χ4n) is 3.31. The lowest BCUT2D eigenvalue weighted by Crippen LogP contribution is -2.38. The smallest absolute Gasteiger partial charge is 0.257 e. The minimum atomic E-state index is -0.390. The van der Waals surface area contributed by atoms with Crippen molar-refractivity contribution < 1.29 is 14.3 Å². The van der Waals surface area contributed by atoms with Crippen LogP contribution in [0.25, 0.3) is 0 Å². The lowest BCUT2D eigenvalue weighted by Gasteiger charge is -2.33. The SMILES string of the molecule is CC/C=C1/CCN(c2cnc(OCCNC=O)c(OC(C)(C)C)c2C)CC1=NC. The highest BCUT2D eigenvalue weighted by molar-refractivity contribution is 6.04. The average Bonchev–Trinajstić information content (AvgIpc) is 2.67. The van der Waals surface area contributed by atoms with Crippen LogP contribution in [0.3, 0.4) is 0 Å². The zero-order valence-electron chi connectivity index (χ0n) is 18.5. The molecule has 160 valence electrons. The normalized spacial score (nSPS) is 17.5. The Hall–Kier alpha value is -2.57. The van der Waals surface area contributed by atoms with E-state index in [0.29, 0.717) is 31.2 Å². The Balaban J connectivity index is 2.32. The van der Waals surface area contributed by atoms with Gasteiger partial charge in [-0.15, -0.1) is 0 Å². The van der Waals surface area contributed by atoms with E-state index < -0.39 is 0 Å². The van der Waals surface area contributed by atoms with Crippen molar-refractivity contribution in [3.05, 3.63) is 23.4 Å². The minimum Gasteiger partial charge on any atom is -0.482 e. The lowest BCUT2D eigenvalue weighted by molar-refractivity contribution is -0.109. The van der Waals surface area contributed by atoms with E-state index in [1.807, 2.05) is 40.9 Å².